The van der Waals surface area contributed by atoms with Gasteiger partial charge in [-0.05, 0) is 5.56 Å². The molecule has 0 amide bonds. The van der Waals surface area contributed by atoms with E-state index in [0.29, 0.717) is 0 Å². The van der Waals surface area contributed by atoms with Crippen molar-refractivity contribution in [3.05, 3.63) is 42.9 Å². The Morgan fingerprint density at radius 1 is 1.22 bits per heavy atom. The molecule has 1 radical (unpaired) electrons. The molecule has 0 N–H and O–H groups in total. The molecular formula is C8H8N. The van der Waals surface area contributed by atoms with Gasteiger partial charge in [-0.25, -0.2) is 0 Å². The zero-order valence-electron chi connectivity index (χ0n) is 5.12. The summed E-state index contributed by atoms with van der Waals surface area (Å²) in [5.41, 5.74) is 1.09. The molecular weight excluding hydrogens is 110 g/mol. The lowest BCUT2D eigenvalue weighted by atomic mass is 10.2. The molecule has 0 saturated carbocycles. The third kappa shape index (κ3) is 1.68. The Morgan fingerprint density at radius 3 is 2.44 bits per heavy atom. The van der Waals surface area contributed by atoms with Gasteiger partial charge in [0.1, 0.15) is 0 Å². The van der Waals surface area contributed by atoms with Crippen LogP contribution in [0.2, 0.25) is 0 Å². The summed E-state index contributed by atoms with van der Waals surface area (Å²) in [5, 5.41) is 0. The average Bonchev–Trinajstić information content (AvgIpc) is 1.91. The van der Waals surface area contributed by atoms with E-state index in [1.807, 2.05) is 30.3 Å². The second kappa shape index (κ2) is 3.02. The van der Waals surface area contributed by atoms with E-state index in [0.717, 1.165) is 5.56 Å². The zero-order chi connectivity index (χ0) is 6.53. The number of nitrogens with zero attached hydrogens (tertiary/aromatic N) is 1. The monoisotopic (exact) mass is 118 g/mol. The lowest BCUT2D eigenvalue weighted by Crippen LogP contribution is -1.75. The van der Waals surface area contributed by atoms with E-state index in [-0.39, 0.29) is 0 Å². The normalized spacial score (nSPS) is 10.3. The third-order valence-corrected chi connectivity index (χ3v) is 1.04. The molecule has 1 aromatic carbocycles. The van der Waals surface area contributed by atoms with Crippen LogP contribution in [0.25, 0.3) is 0 Å². The summed E-state index contributed by atoms with van der Waals surface area (Å²) in [5.74, 6) is 0. The van der Waals surface area contributed by atoms with Crippen LogP contribution >= 0.6 is 0 Å². The first-order valence-corrected chi connectivity index (χ1v) is 2.77. The Morgan fingerprint density at radius 2 is 1.89 bits per heavy atom. The first kappa shape index (κ1) is 6.02. The van der Waals surface area contributed by atoms with E-state index in [1.54, 1.807) is 6.21 Å². The maximum Gasteiger partial charge on any atom is 0.0585 e. The van der Waals surface area contributed by atoms with Crippen LogP contribution in [-0.4, -0.2) is 6.21 Å². The lowest BCUT2D eigenvalue weighted by molar-refractivity contribution is 1.58. The summed E-state index contributed by atoms with van der Waals surface area (Å²) in [7, 11) is 3.35. The van der Waals surface area contributed by atoms with E-state index in [2.05, 4.69) is 12.0 Å². The van der Waals surface area contributed by atoms with Crippen LogP contribution in [0.1, 0.15) is 5.56 Å². The van der Waals surface area contributed by atoms with Gasteiger partial charge in [0.15, 0.2) is 0 Å². The number of hydrogen-bond donors (Lipinski definition) is 0. The molecule has 0 atom stereocenters. The van der Waals surface area contributed by atoms with Crippen LogP contribution in [0.4, 0.5) is 0 Å². The smallest absolute Gasteiger partial charge is 0.0585 e. The number of hydrogen-bond acceptors (Lipinski definition) is 1. The van der Waals surface area contributed by atoms with Crippen molar-refractivity contribution in [1.82, 2.24) is 0 Å². The van der Waals surface area contributed by atoms with E-state index < -0.39 is 0 Å². The summed E-state index contributed by atoms with van der Waals surface area (Å²) < 4.78 is 0. The summed E-state index contributed by atoms with van der Waals surface area (Å²) in [6.07, 6.45) is 1.72. The molecule has 0 spiro atoms. The van der Waals surface area contributed by atoms with Crippen molar-refractivity contribution in [2.24, 2.45) is 4.99 Å². The van der Waals surface area contributed by atoms with Crippen LogP contribution in [0.5, 0.6) is 0 Å². The molecule has 1 nitrogen and oxygen atoms in total. The SMILES string of the molecule is [CH2]/N=C/c1ccccc1. The quantitative estimate of drug-likeness (QED) is 0.499. The first-order chi connectivity index (χ1) is 4.43. The van der Waals surface area contributed by atoms with Crippen molar-refractivity contribution in [3.63, 3.8) is 0 Å². The predicted octanol–water partition coefficient (Wildman–Crippen LogP) is 1.90. The largest absolute Gasteiger partial charge is 0.291 e. The van der Waals surface area contributed by atoms with Crippen LogP contribution in [0.3, 0.4) is 0 Å². The summed E-state index contributed by atoms with van der Waals surface area (Å²) >= 11 is 0. The lowest BCUT2D eigenvalue weighted by Gasteiger charge is -1.86. The molecule has 0 aromatic heterocycles. The Kier molecular flexibility index (Phi) is 2.02. The fourth-order valence-corrected chi connectivity index (χ4v) is 0.645. The van der Waals surface area contributed by atoms with Crippen LogP contribution in [-0.2, 0) is 0 Å². The fraction of sp³-hybridized carbons (Fsp3) is 0. The summed E-state index contributed by atoms with van der Waals surface area (Å²) in [6, 6.07) is 9.87. The second-order valence-electron chi connectivity index (χ2n) is 1.72. The van der Waals surface area contributed by atoms with Gasteiger partial charge in [-0.2, -0.15) is 0 Å². The molecule has 45 valence electrons. The number of rotatable bonds is 1. The van der Waals surface area contributed by atoms with Gasteiger partial charge in [0, 0.05) is 6.21 Å². The van der Waals surface area contributed by atoms with Gasteiger partial charge in [0.05, 0.1) is 7.05 Å². The van der Waals surface area contributed by atoms with E-state index in [1.165, 1.54) is 0 Å². The van der Waals surface area contributed by atoms with Gasteiger partial charge in [0.2, 0.25) is 0 Å². The van der Waals surface area contributed by atoms with E-state index in [4.69, 9.17) is 0 Å². The summed E-state index contributed by atoms with van der Waals surface area (Å²) in [6.45, 7) is 0. The molecule has 0 fully saturated rings. The van der Waals surface area contributed by atoms with Gasteiger partial charge in [-0.15, -0.1) is 0 Å². The second-order valence-corrected chi connectivity index (χ2v) is 1.72. The molecule has 0 heterocycles. The number of benzene rings is 1. The van der Waals surface area contributed by atoms with Gasteiger partial charge in [0.25, 0.3) is 0 Å². The van der Waals surface area contributed by atoms with Crippen molar-refractivity contribution >= 4 is 6.21 Å². The highest BCUT2D eigenvalue weighted by molar-refractivity contribution is 5.79. The molecule has 0 unspecified atom stereocenters. The molecule has 0 aliphatic rings. The highest BCUT2D eigenvalue weighted by Gasteiger charge is 1.78. The maximum absolute atomic E-state index is 3.63. The minimum absolute atomic E-state index is 1.09. The molecule has 1 rings (SSSR count). The Bertz CT molecular complexity index is 189. The molecule has 9 heavy (non-hydrogen) atoms. The van der Waals surface area contributed by atoms with E-state index in [9.17, 15) is 0 Å². The third-order valence-electron chi connectivity index (χ3n) is 1.04. The zero-order valence-corrected chi connectivity index (χ0v) is 5.12. The number of aliphatic imine (C=N–C) groups is 1. The van der Waals surface area contributed by atoms with Crippen LogP contribution < -0.4 is 0 Å². The molecule has 0 aliphatic heterocycles. The van der Waals surface area contributed by atoms with Crippen molar-refractivity contribution in [3.8, 4) is 0 Å². The van der Waals surface area contributed by atoms with Crippen molar-refractivity contribution in [2.45, 2.75) is 0 Å². The van der Waals surface area contributed by atoms with Crippen molar-refractivity contribution in [2.75, 3.05) is 0 Å². The summed E-state index contributed by atoms with van der Waals surface area (Å²) in [4.78, 5) is 3.63. The van der Waals surface area contributed by atoms with Gasteiger partial charge in [-0.1, -0.05) is 30.3 Å². The van der Waals surface area contributed by atoms with Crippen LogP contribution in [0, 0.1) is 7.05 Å². The Labute approximate surface area is 55.1 Å². The first-order valence-electron chi connectivity index (χ1n) is 2.77. The topological polar surface area (TPSA) is 12.4 Å². The minimum Gasteiger partial charge on any atom is -0.291 e. The standard InChI is InChI=1S/C8H8N/c1-9-7-8-5-3-2-4-6-8/h2-7H,1H2/b9-7+. The van der Waals surface area contributed by atoms with Gasteiger partial charge in [-0.3, -0.25) is 4.99 Å². The highest BCUT2D eigenvalue weighted by atomic mass is 14.6. The molecule has 1 aromatic rings. The van der Waals surface area contributed by atoms with Crippen LogP contribution in [0.15, 0.2) is 35.3 Å². The maximum atomic E-state index is 3.63. The van der Waals surface area contributed by atoms with E-state index >= 15 is 0 Å². The highest BCUT2D eigenvalue weighted by Crippen LogP contribution is 1.92. The fourth-order valence-electron chi connectivity index (χ4n) is 0.645. The Hall–Kier alpha value is -1.11. The molecule has 1 heteroatoms. The van der Waals surface area contributed by atoms with Crippen molar-refractivity contribution < 1.29 is 0 Å². The Balaban J connectivity index is 2.85. The predicted molar refractivity (Wildman–Crippen MR) is 39.4 cm³/mol. The van der Waals surface area contributed by atoms with Crippen molar-refractivity contribution in [1.29, 1.82) is 0 Å². The van der Waals surface area contributed by atoms with Gasteiger partial charge < -0.3 is 0 Å². The minimum atomic E-state index is 1.09. The van der Waals surface area contributed by atoms with Gasteiger partial charge >= 0.3 is 0 Å². The molecule has 0 aliphatic carbocycles. The molecule has 0 bridgehead atoms. The molecule has 0 saturated heterocycles. The average molecular weight is 118 g/mol.